The van der Waals surface area contributed by atoms with Crippen LogP contribution in [0.3, 0.4) is 0 Å². The van der Waals surface area contributed by atoms with Crippen molar-refractivity contribution in [1.29, 1.82) is 0 Å². The van der Waals surface area contributed by atoms with Gasteiger partial charge in [0.05, 0.1) is 10.5 Å². The molecule has 3 heterocycles. The third-order valence-electron chi connectivity index (χ3n) is 6.38. The molecule has 0 spiro atoms. The number of carbonyl (C=O) groups excluding carboxylic acids is 1. The van der Waals surface area contributed by atoms with Gasteiger partial charge in [-0.25, -0.2) is 4.98 Å². The summed E-state index contributed by atoms with van der Waals surface area (Å²) in [6, 6.07) is 3.73. The fraction of sp³-hybridized carbons (Fsp3) is 0.500. The van der Waals surface area contributed by atoms with Gasteiger partial charge in [-0.2, -0.15) is 0 Å². The average molecular weight is 527 g/mol. The van der Waals surface area contributed by atoms with E-state index >= 15 is 0 Å². The number of fused-ring (bicyclic) bond motifs is 1. The molecular formula is C28H38N4O2S2. The Morgan fingerprint density at radius 3 is 2.42 bits per heavy atom. The summed E-state index contributed by atoms with van der Waals surface area (Å²) in [6.07, 6.45) is 17.5. The van der Waals surface area contributed by atoms with E-state index in [0.29, 0.717) is 39.3 Å². The Morgan fingerprint density at radius 2 is 1.75 bits per heavy atom. The normalized spacial score (nSPS) is 14.8. The molecule has 2 aromatic heterocycles. The maximum absolute atomic E-state index is 13.3. The first-order chi connectivity index (χ1) is 17.5. The van der Waals surface area contributed by atoms with E-state index in [-0.39, 0.29) is 11.5 Å². The number of hydrogen-bond donors (Lipinski definition) is 1. The molecule has 36 heavy (non-hydrogen) atoms. The van der Waals surface area contributed by atoms with Crippen LogP contribution in [0.5, 0.6) is 0 Å². The Hall–Kier alpha value is -2.45. The summed E-state index contributed by atoms with van der Waals surface area (Å²) in [5, 5.41) is 3.15. The molecule has 1 aliphatic heterocycles. The largest absolute Gasteiger partial charge is 0.366 e. The molecule has 1 amide bonds. The Labute approximate surface area is 224 Å². The first kappa shape index (κ1) is 28.1. The van der Waals surface area contributed by atoms with Crippen LogP contribution in [0.1, 0.15) is 82.3 Å². The van der Waals surface area contributed by atoms with Crippen molar-refractivity contribution in [1.82, 2.24) is 14.3 Å². The van der Waals surface area contributed by atoms with E-state index < -0.39 is 0 Å². The second-order valence-electron chi connectivity index (χ2n) is 9.25. The van der Waals surface area contributed by atoms with Crippen LogP contribution in [-0.2, 0) is 4.79 Å². The number of unbranched alkanes of at least 4 members (excludes halogenated alkanes) is 9. The quantitative estimate of drug-likeness (QED) is 0.120. The average Bonchev–Trinajstić information content (AvgIpc) is 3.13. The molecule has 0 atom stereocenters. The zero-order chi connectivity index (χ0) is 25.9. The zero-order valence-corrected chi connectivity index (χ0v) is 23.2. The molecule has 194 valence electrons. The summed E-state index contributed by atoms with van der Waals surface area (Å²) in [5.74, 6) is 0.304. The smallest absolute Gasteiger partial charge is 0.267 e. The first-order valence-corrected chi connectivity index (χ1v) is 14.3. The number of carbonyl (C=O) groups is 1. The molecule has 0 bridgehead atoms. The summed E-state index contributed by atoms with van der Waals surface area (Å²) in [4.78, 5) is 33.3. The second kappa shape index (κ2) is 14.3. The summed E-state index contributed by atoms with van der Waals surface area (Å²) >= 11 is 6.76. The van der Waals surface area contributed by atoms with Gasteiger partial charge >= 0.3 is 0 Å². The highest BCUT2D eigenvalue weighted by Crippen LogP contribution is 2.33. The van der Waals surface area contributed by atoms with Gasteiger partial charge in [0.1, 0.15) is 15.8 Å². The van der Waals surface area contributed by atoms with E-state index in [1.54, 1.807) is 23.2 Å². The number of pyridine rings is 1. The lowest BCUT2D eigenvalue weighted by Gasteiger charge is -2.14. The van der Waals surface area contributed by atoms with Crippen LogP contribution in [0.4, 0.5) is 5.82 Å². The number of hydrogen-bond acceptors (Lipinski definition) is 6. The summed E-state index contributed by atoms with van der Waals surface area (Å²) < 4.78 is 2.07. The Bertz CT molecular complexity index is 1170. The van der Waals surface area contributed by atoms with Gasteiger partial charge in [0.25, 0.3) is 11.5 Å². The molecule has 1 fully saturated rings. The standard InChI is InChI=1S/C28H38N4O2S2/c1-4-6-7-8-9-10-11-12-13-14-18-32-27(34)23(36-28(32)35)20-22-24(29-17-5-2)30-25-21(3)16-15-19-31(25)26(22)33/h5,15-16,19-20,29H,2,4,6-14,17-18H2,1,3H3/b23-20+. The van der Waals surface area contributed by atoms with Gasteiger partial charge in [-0.3, -0.25) is 18.9 Å². The highest BCUT2D eigenvalue weighted by Gasteiger charge is 2.32. The van der Waals surface area contributed by atoms with Crippen LogP contribution in [0.2, 0.25) is 0 Å². The van der Waals surface area contributed by atoms with Gasteiger partial charge < -0.3 is 5.32 Å². The number of thiocarbonyl (C=S) groups is 1. The molecule has 0 saturated carbocycles. The van der Waals surface area contributed by atoms with Crippen LogP contribution in [0, 0.1) is 6.92 Å². The molecule has 2 aromatic rings. The Morgan fingerprint density at radius 1 is 1.08 bits per heavy atom. The number of anilines is 1. The van der Waals surface area contributed by atoms with E-state index in [2.05, 4.69) is 23.8 Å². The van der Waals surface area contributed by atoms with Crippen LogP contribution < -0.4 is 10.9 Å². The number of amides is 1. The lowest BCUT2D eigenvalue weighted by molar-refractivity contribution is -0.122. The third kappa shape index (κ3) is 7.29. The van der Waals surface area contributed by atoms with Crippen molar-refractivity contribution in [2.75, 3.05) is 18.4 Å². The van der Waals surface area contributed by atoms with Crippen molar-refractivity contribution in [3.05, 3.63) is 57.4 Å². The predicted molar refractivity (Wildman–Crippen MR) is 157 cm³/mol. The molecule has 8 heteroatoms. The number of thioether (sulfide) groups is 1. The molecule has 1 N–H and O–H groups in total. The van der Waals surface area contributed by atoms with Crippen molar-refractivity contribution in [3.63, 3.8) is 0 Å². The first-order valence-electron chi connectivity index (χ1n) is 13.1. The topological polar surface area (TPSA) is 66.7 Å². The van der Waals surface area contributed by atoms with Crippen molar-refractivity contribution in [2.45, 2.75) is 78.1 Å². The van der Waals surface area contributed by atoms with Crippen LogP contribution >= 0.6 is 24.0 Å². The summed E-state index contributed by atoms with van der Waals surface area (Å²) in [5.41, 5.74) is 1.60. The molecular weight excluding hydrogens is 488 g/mol. The van der Waals surface area contributed by atoms with Gasteiger partial charge in [-0.05, 0) is 31.1 Å². The molecule has 0 unspecified atom stereocenters. The second-order valence-corrected chi connectivity index (χ2v) is 10.9. The Balaban J connectivity index is 1.64. The van der Waals surface area contributed by atoms with E-state index in [1.807, 2.05) is 19.1 Å². The maximum atomic E-state index is 13.3. The van der Waals surface area contributed by atoms with E-state index in [9.17, 15) is 9.59 Å². The van der Waals surface area contributed by atoms with Gasteiger partial charge in [0.2, 0.25) is 0 Å². The highest BCUT2D eigenvalue weighted by atomic mass is 32.2. The monoisotopic (exact) mass is 526 g/mol. The molecule has 6 nitrogen and oxygen atoms in total. The molecule has 0 aromatic carbocycles. The molecule has 3 rings (SSSR count). The predicted octanol–water partition coefficient (Wildman–Crippen LogP) is 6.72. The van der Waals surface area contributed by atoms with Crippen molar-refractivity contribution in [2.24, 2.45) is 0 Å². The van der Waals surface area contributed by atoms with Crippen molar-refractivity contribution >= 4 is 51.7 Å². The lowest BCUT2D eigenvalue weighted by atomic mass is 10.1. The van der Waals surface area contributed by atoms with Gasteiger partial charge in [0.15, 0.2) is 0 Å². The number of rotatable bonds is 15. The molecule has 0 radical (unpaired) electrons. The van der Waals surface area contributed by atoms with E-state index in [0.717, 1.165) is 18.4 Å². The number of aryl methyl sites for hydroxylation is 1. The van der Waals surface area contributed by atoms with Crippen LogP contribution in [-0.4, -0.2) is 37.6 Å². The number of nitrogens with one attached hydrogen (secondary N) is 1. The molecule has 1 aliphatic rings. The third-order valence-corrected chi connectivity index (χ3v) is 7.76. The maximum Gasteiger partial charge on any atom is 0.267 e. The molecule has 0 aliphatic carbocycles. The minimum Gasteiger partial charge on any atom is -0.366 e. The van der Waals surface area contributed by atoms with Gasteiger partial charge in [-0.1, -0.05) is 101 Å². The fourth-order valence-corrected chi connectivity index (χ4v) is 5.62. The minimum absolute atomic E-state index is 0.135. The van der Waals surface area contributed by atoms with Crippen molar-refractivity contribution in [3.8, 4) is 0 Å². The minimum atomic E-state index is -0.227. The summed E-state index contributed by atoms with van der Waals surface area (Å²) in [7, 11) is 0. The van der Waals surface area contributed by atoms with Gasteiger partial charge in [0, 0.05) is 19.3 Å². The van der Waals surface area contributed by atoms with Gasteiger partial charge in [-0.15, -0.1) is 6.58 Å². The van der Waals surface area contributed by atoms with E-state index in [4.69, 9.17) is 12.2 Å². The molecule has 1 saturated heterocycles. The highest BCUT2D eigenvalue weighted by molar-refractivity contribution is 8.26. The van der Waals surface area contributed by atoms with Crippen LogP contribution in [0.15, 0.2) is 40.7 Å². The number of aromatic nitrogens is 2. The van der Waals surface area contributed by atoms with E-state index in [1.165, 1.54) is 67.5 Å². The fourth-order valence-electron chi connectivity index (χ4n) is 4.33. The number of nitrogens with zero attached hydrogens (tertiary/aromatic N) is 3. The van der Waals surface area contributed by atoms with Crippen LogP contribution in [0.25, 0.3) is 11.7 Å². The summed E-state index contributed by atoms with van der Waals surface area (Å²) in [6.45, 7) is 8.97. The lowest BCUT2D eigenvalue weighted by Crippen LogP contribution is -2.29. The Kier molecular flexibility index (Phi) is 11.2. The SMILES string of the molecule is C=CCNc1nc2c(C)cccn2c(=O)c1/C=C1/SC(=S)N(CCCCCCCCCCCC)C1=O. The van der Waals surface area contributed by atoms with Crippen molar-refractivity contribution < 1.29 is 4.79 Å². The zero-order valence-electron chi connectivity index (χ0n) is 21.6.